The number of amides is 1. The number of hydrogen-bond donors (Lipinski definition) is 1. The van der Waals surface area contributed by atoms with Gasteiger partial charge in [0.1, 0.15) is 0 Å². The molecule has 1 aliphatic heterocycles. The second-order valence-electron chi connectivity index (χ2n) is 4.59. The molecule has 2 aromatic rings. The summed E-state index contributed by atoms with van der Waals surface area (Å²) in [6.45, 7) is 2.13. The van der Waals surface area contributed by atoms with Crippen molar-refractivity contribution < 1.29 is 9.53 Å². The molecule has 1 atom stereocenters. The first-order chi connectivity index (χ1) is 9.33. The van der Waals surface area contributed by atoms with Crippen molar-refractivity contribution in [3.8, 4) is 0 Å². The van der Waals surface area contributed by atoms with E-state index in [1.165, 1.54) is 4.52 Å². The Kier molecular flexibility index (Phi) is 3.37. The number of carbonyl (C=O) groups excluding carboxylic acids is 1. The van der Waals surface area contributed by atoms with Crippen LogP contribution in [0.15, 0.2) is 18.5 Å². The predicted octanol–water partition coefficient (Wildman–Crippen LogP) is 0.281. The summed E-state index contributed by atoms with van der Waals surface area (Å²) in [6, 6.07) is 1.74. The number of nitrogens with one attached hydrogen (secondary N) is 1. The van der Waals surface area contributed by atoms with Crippen LogP contribution in [0.5, 0.6) is 0 Å². The van der Waals surface area contributed by atoms with E-state index in [9.17, 15) is 4.79 Å². The van der Waals surface area contributed by atoms with Crippen LogP contribution in [0.1, 0.15) is 23.5 Å². The third-order valence-electron chi connectivity index (χ3n) is 3.13. The van der Waals surface area contributed by atoms with Crippen LogP contribution in [-0.2, 0) is 4.74 Å². The summed E-state index contributed by atoms with van der Waals surface area (Å²) in [7, 11) is 0. The molecule has 1 aliphatic rings. The number of rotatable bonds is 3. The summed E-state index contributed by atoms with van der Waals surface area (Å²) >= 11 is 0. The van der Waals surface area contributed by atoms with Gasteiger partial charge in [-0.3, -0.25) is 4.79 Å². The second kappa shape index (κ2) is 5.31. The fourth-order valence-corrected chi connectivity index (χ4v) is 2.11. The van der Waals surface area contributed by atoms with E-state index in [0.717, 1.165) is 19.4 Å². The van der Waals surface area contributed by atoms with Crippen LogP contribution in [0.2, 0.25) is 0 Å². The molecule has 0 saturated carbocycles. The van der Waals surface area contributed by atoms with Gasteiger partial charge >= 0.3 is 0 Å². The lowest BCUT2D eigenvalue weighted by molar-refractivity contribution is 0.0535. The van der Waals surface area contributed by atoms with Crippen molar-refractivity contribution in [3.05, 3.63) is 24.3 Å². The molecule has 1 saturated heterocycles. The third-order valence-corrected chi connectivity index (χ3v) is 3.13. The molecular weight excluding hydrogens is 246 g/mol. The Morgan fingerprint density at radius 1 is 1.58 bits per heavy atom. The Bertz CT molecular complexity index is 543. The first kappa shape index (κ1) is 12.0. The Morgan fingerprint density at radius 2 is 2.53 bits per heavy atom. The molecule has 0 radical (unpaired) electrons. The van der Waals surface area contributed by atoms with Gasteiger partial charge in [-0.25, -0.2) is 9.50 Å². The van der Waals surface area contributed by atoms with Gasteiger partial charge in [0.2, 0.25) is 5.82 Å². The normalized spacial score (nSPS) is 19.5. The molecule has 0 spiro atoms. The van der Waals surface area contributed by atoms with Crippen molar-refractivity contribution >= 4 is 11.7 Å². The Morgan fingerprint density at radius 3 is 3.32 bits per heavy atom. The lowest BCUT2D eigenvalue weighted by Crippen LogP contribution is -2.33. The van der Waals surface area contributed by atoms with E-state index in [4.69, 9.17) is 4.74 Å². The van der Waals surface area contributed by atoms with Crippen LogP contribution >= 0.6 is 0 Å². The minimum Gasteiger partial charge on any atom is -0.381 e. The van der Waals surface area contributed by atoms with E-state index in [0.29, 0.717) is 24.8 Å². The molecule has 0 bridgehead atoms. The highest BCUT2D eigenvalue weighted by atomic mass is 16.5. The average Bonchev–Trinajstić information content (AvgIpc) is 2.90. The average molecular weight is 261 g/mol. The second-order valence-corrected chi connectivity index (χ2v) is 4.59. The highest BCUT2D eigenvalue weighted by Gasteiger charge is 2.17. The fourth-order valence-electron chi connectivity index (χ4n) is 2.11. The van der Waals surface area contributed by atoms with Gasteiger partial charge in [0, 0.05) is 25.5 Å². The first-order valence-corrected chi connectivity index (χ1v) is 6.36. The summed E-state index contributed by atoms with van der Waals surface area (Å²) in [5.41, 5.74) is 0. The van der Waals surface area contributed by atoms with Gasteiger partial charge in [-0.1, -0.05) is 0 Å². The number of nitrogens with zero attached hydrogens (tertiary/aromatic N) is 4. The van der Waals surface area contributed by atoms with Gasteiger partial charge in [-0.05, 0) is 24.8 Å². The van der Waals surface area contributed by atoms with E-state index in [1.807, 2.05) is 0 Å². The zero-order valence-electron chi connectivity index (χ0n) is 10.5. The molecule has 0 aliphatic carbocycles. The summed E-state index contributed by atoms with van der Waals surface area (Å²) in [6.07, 6.45) is 5.46. The van der Waals surface area contributed by atoms with Crippen LogP contribution in [0.4, 0.5) is 0 Å². The van der Waals surface area contributed by atoms with Crippen LogP contribution < -0.4 is 5.32 Å². The lowest BCUT2D eigenvalue weighted by atomic mass is 10.0. The molecule has 2 aromatic heterocycles. The third kappa shape index (κ3) is 2.70. The maximum atomic E-state index is 11.9. The molecule has 1 N–H and O–H groups in total. The molecule has 7 nitrogen and oxygen atoms in total. The van der Waals surface area contributed by atoms with E-state index in [-0.39, 0.29) is 11.7 Å². The van der Waals surface area contributed by atoms with Gasteiger partial charge in [0.15, 0.2) is 0 Å². The zero-order chi connectivity index (χ0) is 13.1. The number of aromatic nitrogens is 4. The summed E-state index contributed by atoms with van der Waals surface area (Å²) in [5.74, 6) is 0.688. The highest BCUT2D eigenvalue weighted by molar-refractivity contribution is 5.90. The topological polar surface area (TPSA) is 81.4 Å². The SMILES string of the molecule is O=C(NC[C@@H]1CCCOC1)c1nc2ncccn2n1. The van der Waals surface area contributed by atoms with Crippen molar-refractivity contribution in [2.75, 3.05) is 19.8 Å². The van der Waals surface area contributed by atoms with Crippen molar-refractivity contribution in [1.29, 1.82) is 0 Å². The molecule has 19 heavy (non-hydrogen) atoms. The van der Waals surface area contributed by atoms with E-state index < -0.39 is 0 Å². The van der Waals surface area contributed by atoms with E-state index in [1.54, 1.807) is 18.5 Å². The number of fused-ring (bicyclic) bond motifs is 1. The van der Waals surface area contributed by atoms with Crippen molar-refractivity contribution in [2.45, 2.75) is 12.8 Å². The molecule has 7 heteroatoms. The van der Waals surface area contributed by atoms with Crippen LogP contribution in [-0.4, -0.2) is 45.2 Å². The molecular formula is C12H15N5O2. The highest BCUT2D eigenvalue weighted by Crippen LogP contribution is 2.12. The fraction of sp³-hybridized carbons (Fsp3) is 0.500. The number of hydrogen-bond acceptors (Lipinski definition) is 5. The molecule has 3 rings (SSSR count). The van der Waals surface area contributed by atoms with Crippen molar-refractivity contribution in [1.82, 2.24) is 24.9 Å². The summed E-state index contributed by atoms with van der Waals surface area (Å²) < 4.78 is 6.86. The summed E-state index contributed by atoms with van der Waals surface area (Å²) in [4.78, 5) is 20.0. The van der Waals surface area contributed by atoms with E-state index in [2.05, 4.69) is 20.4 Å². The summed E-state index contributed by atoms with van der Waals surface area (Å²) in [5, 5.41) is 6.92. The molecule has 1 fully saturated rings. The van der Waals surface area contributed by atoms with Gasteiger partial charge in [-0.15, -0.1) is 5.10 Å². The standard InChI is InChI=1S/C12H15N5O2/c18-11(14-7-9-3-1-6-19-8-9)10-15-12-13-4-2-5-17(12)16-10/h2,4-5,9H,1,3,6-8H2,(H,14,18)/t9-/m0/s1. The minimum absolute atomic E-state index is 0.149. The predicted molar refractivity (Wildman–Crippen MR) is 66.7 cm³/mol. The lowest BCUT2D eigenvalue weighted by Gasteiger charge is -2.21. The zero-order valence-corrected chi connectivity index (χ0v) is 10.5. The minimum atomic E-state index is -0.268. The van der Waals surface area contributed by atoms with Crippen LogP contribution in [0.25, 0.3) is 5.78 Å². The van der Waals surface area contributed by atoms with Gasteiger partial charge in [0.25, 0.3) is 11.7 Å². The molecule has 100 valence electrons. The monoisotopic (exact) mass is 261 g/mol. The van der Waals surface area contributed by atoms with E-state index >= 15 is 0 Å². The van der Waals surface area contributed by atoms with Crippen molar-refractivity contribution in [2.24, 2.45) is 5.92 Å². The Balaban J connectivity index is 1.63. The first-order valence-electron chi connectivity index (χ1n) is 6.36. The Labute approximate surface area is 110 Å². The molecule has 0 unspecified atom stereocenters. The van der Waals surface area contributed by atoms with Crippen LogP contribution in [0.3, 0.4) is 0 Å². The Hall–Kier alpha value is -2.02. The number of carbonyl (C=O) groups is 1. The molecule has 0 aromatic carbocycles. The maximum absolute atomic E-state index is 11.9. The van der Waals surface area contributed by atoms with Crippen molar-refractivity contribution in [3.63, 3.8) is 0 Å². The molecule has 3 heterocycles. The molecule has 1 amide bonds. The maximum Gasteiger partial charge on any atom is 0.291 e. The largest absolute Gasteiger partial charge is 0.381 e. The quantitative estimate of drug-likeness (QED) is 0.858. The van der Waals surface area contributed by atoms with Gasteiger partial charge in [-0.2, -0.15) is 4.98 Å². The smallest absolute Gasteiger partial charge is 0.291 e. The number of ether oxygens (including phenoxy) is 1. The van der Waals surface area contributed by atoms with Crippen LogP contribution in [0, 0.1) is 5.92 Å². The van der Waals surface area contributed by atoms with Gasteiger partial charge in [0.05, 0.1) is 6.61 Å². The van der Waals surface area contributed by atoms with Gasteiger partial charge < -0.3 is 10.1 Å².